The SMILES string of the molecule is CCc1ccccc1C(=O)N(CCN(C)C)c1ccc(Cl)cc1. The molecular formula is C19H23ClN2O. The van der Waals surface area contributed by atoms with Gasteiger partial charge in [-0.05, 0) is 56.4 Å². The van der Waals surface area contributed by atoms with Gasteiger partial charge in [-0.15, -0.1) is 0 Å². The lowest BCUT2D eigenvalue weighted by Gasteiger charge is -2.25. The normalized spacial score (nSPS) is 10.8. The third-order valence-corrected chi connectivity index (χ3v) is 4.03. The highest BCUT2D eigenvalue weighted by Crippen LogP contribution is 2.21. The van der Waals surface area contributed by atoms with Crippen LogP contribution in [0.5, 0.6) is 0 Å². The summed E-state index contributed by atoms with van der Waals surface area (Å²) in [6, 6.07) is 15.2. The van der Waals surface area contributed by atoms with E-state index in [0.717, 1.165) is 29.8 Å². The van der Waals surface area contributed by atoms with Gasteiger partial charge in [0, 0.05) is 29.4 Å². The molecule has 0 saturated carbocycles. The Morgan fingerprint density at radius 3 is 2.26 bits per heavy atom. The van der Waals surface area contributed by atoms with Crippen molar-refractivity contribution in [3.63, 3.8) is 0 Å². The number of nitrogens with zero attached hydrogens (tertiary/aromatic N) is 2. The van der Waals surface area contributed by atoms with E-state index >= 15 is 0 Å². The molecule has 23 heavy (non-hydrogen) atoms. The molecule has 0 aliphatic rings. The summed E-state index contributed by atoms with van der Waals surface area (Å²) in [4.78, 5) is 17.0. The number of anilines is 1. The summed E-state index contributed by atoms with van der Waals surface area (Å²) in [6.07, 6.45) is 0.837. The minimum absolute atomic E-state index is 0.0339. The van der Waals surface area contributed by atoms with Gasteiger partial charge in [0.1, 0.15) is 0 Å². The minimum Gasteiger partial charge on any atom is -0.308 e. The highest BCUT2D eigenvalue weighted by Gasteiger charge is 2.19. The zero-order valence-electron chi connectivity index (χ0n) is 13.9. The lowest BCUT2D eigenvalue weighted by molar-refractivity contribution is 0.0984. The molecule has 0 aliphatic carbocycles. The molecule has 0 fully saturated rings. The van der Waals surface area contributed by atoms with Crippen molar-refractivity contribution in [1.29, 1.82) is 0 Å². The number of aryl methyl sites for hydroxylation is 1. The monoisotopic (exact) mass is 330 g/mol. The third-order valence-electron chi connectivity index (χ3n) is 3.78. The number of hydrogen-bond donors (Lipinski definition) is 0. The van der Waals surface area contributed by atoms with Crippen LogP contribution in [0.1, 0.15) is 22.8 Å². The van der Waals surface area contributed by atoms with Crippen LogP contribution in [0.3, 0.4) is 0 Å². The molecule has 0 atom stereocenters. The van der Waals surface area contributed by atoms with Crippen molar-refractivity contribution in [3.05, 3.63) is 64.7 Å². The fourth-order valence-electron chi connectivity index (χ4n) is 2.45. The predicted molar refractivity (Wildman–Crippen MR) is 97.5 cm³/mol. The molecule has 0 saturated heterocycles. The molecule has 0 radical (unpaired) electrons. The van der Waals surface area contributed by atoms with Crippen LogP contribution in [0.15, 0.2) is 48.5 Å². The maximum atomic E-state index is 13.1. The molecule has 2 aromatic rings. The first-order chi connectivity index (χ1) is 11.0. The lowest BCUT2D eigenvalue weighted by atomic mass is 10.0. The van der Waals surface area contributed by atoms with Crippen molar-refractivity contribution >= 4 is 23.2 Å². The Hall–Kier alpha value is -1.84. The predicted octanol–water partition coefficient (Wildman–Crippen LogP) is 4.11. The number of hydrogen-bond acceptors (Lipinski definition) is 2. The van der Waals surface area contributed by atoms with Gasteiger partial charge in [-0.25, -0.2) is 0 Å². The van der Waals surface area contributed by atoms with Crippen LogP contribution in [0.2, 0.25) is 5.02 Å². The van der Waals surface area contributed by atoms with Crippen LogP contribution in [0.25, 0.3) is 0 Å². The molecule has 122 valence electrons. The number of carbonyl (C=O) groups excluding carboxylic acids is 1. The molecule has 0 heterocycles. The average Bonchev–Trinajstić information content (AvgIpc) is 2.56. The van der Waals surface area contributed by atoms with Crippen LogP contribution in [0, 0.1) is 0 Å². The second kappa shape index (κ2) is 8.14. The van der Waals surface area contributed by atoms with E-state index in [9.17, 15) is 4.79 Å². The Kier molecular flexibility index (Phi) is 6.20. The fraction of sp³-hybridized carbons (Fsp3) is 0.316. The second-order valence-electron chi connectivity index (χ2n) is 5.75. The first-order valence-corrected chi connectivity index (χ1v) is 8.20. The largest absolute Gasteiger partial charge is 0.308 e. The number of carbonyl (C=O) groups is 1. The van der Waals surface area contributed by atoms with Crippen molar-refractivity contribution in [3.8, 4) is 0 Å². The molecule has 0 aliphatic heterocycles. The molecule has 3 nitrogen and oxygen atoms in total. The molecule has 0 N–H and O–H groups in total. The van der Waals surface area contributed by atoms with E-state index in [1.165, 1.54) is 0 Å². The standard InChI is InChI=1S/C19H23ClN2O/c1-4-15-7-5-6-8-18(15)19(23)22(14-13-21(2)3)17-11-9-16(20)10-12-17/h5-12H,4,13-14H2,1-3H3. The van der Waals surface area contributed by atoms with Gasteiger partial charge in [0.25, 0.3) is 5.91 Å². The van der Waals surface area contributed by atoms with Gasteiger partial charge in [-0.1, -0.05) is 36.7 Å². The van der Waals surface area contributed by atoms with Crippen LogP contribution >= 0.6 is 11.6 Å². The summed E-state index contributed by atoms with van der Waals surface area (Å²) in [5.74, 6) is 0.0339. The zero-order valence-corrected chi connectivity index (χ0v) is 14.7. The third kappa shape index (κ3) is 4.57. The van der Waals surface area contributed by atoms with Crippen LogP contribution < -0.4 is 4.90 Å². The molecule has 4 heteroatoms. The molecule has 1 amide bonds. The van der Waals surface area contributed by atoms with Crippen molar-refractivity contribution in [2.75, 3.05) is 32.1 Å². The van der Waals surface area contributed by atoms with Gasteiger partial charge in [0.2, 0.25) is 0 Å². The molecular weight excluding hydrogens is 308 g/mol. The Balaban J connectivity index is 2.35. The van der Waals surface area contributed by atoms with E-state index in [1.54, 1.807) is 0 Å². The first kappa shape index (κ1) is 17.5. The number of amides is 1. The Labute approximate surface area is 143 Å². The van der Waals surface area contributed by atoms with E-state index in [4.69, 9.17) is 11.6 Å². The Morgan fingerprint density at radius 1 is 1.00 bits per heavy atom. The summed E-state index contributed by atoms with van der Waals surface area (Å²) in [5.41, 5.74) is 2.71. The van der Waals surface area contributed by atoms with Crippen molar-refractivity contribution in [2.45, 2.75) is 13.3 Å². The van der Waals surface area contributed by atoms with Gasteiger partial charge in [-0.3, -0.25) is 4.79 Å². The van der Waals surface area contributed by atoms with Crippen molar-refractivity contribution < 1.29 is 4.79 Å². The lowest BCUT2D eigenvalue weighted by Crippen LogP contribution is -2.37. The first-order valence-electron chi connectivity index (χ1n) is 7.83. The van der Waals surface area contributed by atoms with E-state index in [0.29, 0.717) is 11.6 Å². The topological polar surface area (TPSA) is 23.6 Å². The summed E-state index contributed by atoms with van der Waals surface area (Å²) >= 11 is 5.98. The summed E-state index contributed by atoms with van der Waals surface area (Å²) in [5, 5.41) is 0.669. The molecule has 0 spiro atoms. The summed E-state index contributed by atoms with van der Waals surface area (Å²) in [7, 11) is 4.01. The minimum atomic E-state index is 0.0339. The fourth-order valence-corrected chi connectivity index (χ4v) is 2.58. The van der Waals surface area contributed by atoms with Gasteiger partial charge < -0.3 is 9.80 Å². The van der Waals surface area contributed by atoms with E-state index < -0.39 is 0 Å². The van der Waals surface area contributed by atoms with Crippen molar-refractivity contribution in [2.24, 2.45) is 0 Å². The van der Waals surface area contributed by atoms with Gasteiger partial charge in [-0.2, -0.15) is 0 Å². The summed E-state index contributed by atoms with van der Waals surface area (Å²) < 4.78 is 0. The average molecular weight is 331 g/mol. The molecule has 0 unspecified atom stereocenters. The number of rotatable bonds is 6. The highest BCUT2D eigenvalue weighted by atomic mass is 35.5. The van der Waals surface area contributed by atoms with Crippen molar-refractivity contribution in [1.82, 2.24) is 4.90 Å². The number of halogens is 1. The van der Waals surface area contributed by atoms with Gasteiger partial charge in [0.15, 0.2) is 0 Å². The molecule has 2 aromatic carbocycles. The van der Waals surface area contributed by atoms with E-state index in [1.807, 2.05) is 67.5 Å². The zero-order chi connectivity index (χ0) is 16.8. The smallest absolute Gasteiger partial charge is 0.258 e. The maximum absolute atomic E-state index is 13.1. The number of benzene rings is 2. The van der Waals surface area contributed by atoms with E-state index in [-0.39, 0.29) is 5.91 Å². The Bertz CT molecular complexity index is 653. The molecule has 0 bridgehead atoms. The number of likely N-dealkylation sites (N-methyl/N-ethyl adjacent to an activating group) is 1. The highest BCUT2D eigenvalue weighted by molar-refractivity contribution is 6.30. The van der Waals surface area contributed by atoms with Gasteiger partial charge >= 0.3 is 0 Å². The second-order valence-corrected chi connectivity index (χ2v) is 6.18. The van der Waals surface area contributed by atoms with Gasteiger partial charge in [0.05, 0.1) is 0 Å². The van der Waals surface area contributed by atoms with Crippen LogP contribution in [-0.4, -0.2) is 38.0 Å². The molecule has 2 rings (SSSR count). The van der Waals surface area contributed by atoms with Crippen LogP contribution in [-0.2, 0) is 6.42 Å². The summed E-state index contributed by atoms with van der Waals surface area (Å²) in [6.45, 7) is 3.49. The van der Waals surface area contributed by atoms with E-state index in [2.05, 4.69) is 11.8 Å². The maximum Gasteiger partial charge on any atom is 0.258 e. The molecule has 0 aromatic heterocycles. The quantitative estimate of drug-likeness (QED) is 0.795. The Morgan fingerprint density at radius 2 is 1.65 bits per heavy atom. The van der Waals surface area contributed by atoms with Crippen LogP contribution in [0.4, 0.5) is 5.69 Å².